The second kappa shape index (κ2) is 6.55. The fraction of sp³-hybridized carbons (Fsp3) is 0.278. The van der Waals surface area contributed by atoms with Crippen LogP contribution in [0.1, 0.15) is 17.5 Å². The number of likely N-dealkylation sites (N-methyl/N-ethyl adjacent to an activating group) is 1. The highest BCUT2D eigenvalue weighted by Crippen LogP contribution is 2.15. The van der Waals surface area contributed by atoms with Crippen LogP contribution >= 0.6 is 0 Å². The van der Waals surface area contributed by atoms with Crippen LogP contribution in [0.5, 0.6) is 0 Å². The van der Waals surface area contributed by atoms with Crippen LogP contribution in [0.25, 0.3) is 0 Å². The van der Waals surface area contributed by atoms with Crippen molar-refractivity contribution in [1.82, 2.24) is 4.90 Å². The molecule has 3 heteroatoms. The first-order valence-electron chi connectivity index (χ1n) is 7.36. The van der Waals surface area contributed by atoms with Gasteiger partial charge in [0.2, 0.25) is 0 Å². The van der Waals surface area contributed by atoms with Gasteiger partial charge in [-0.1, -0.05) is 65.8 Å². The average molecular weight is 280 g/mol. The largest absolute Gasteiger partial charge is 0.391 e. The summed E-state index contributed by atoms with van der Waals surface area (Å²) >= 11 is 0. The van der Waals surface area contributed by atoms with Crippen molar-refractivity contribution in [3.8, 4) is 0 Å². The SMILES string of the molecule is CN1CC[C@H](ON=C(c2ccccc2)c2ccccc2)C1. The molecule has 1 fully saturated rings. The van der Waals surface area contributed by atoms with Crippen LogP contribution < -0.4 is 0 Å². The normalized spacial score (nSPS) is 18.4. The van der Waals surface area contributed by atoms with E-state index in [0.717, 1.165) is 36.3 Å². The molecule has 0 saturated carbocycles. The molecule has 1 heterocycles. The molecule has 0 amide bonds. The molecule has 3 rings (SSSR count). The van der Waals surface area contributed by atoms with Gasteiger partial charge in [-0.05, 0) is 7.05 Å². The van der Waals surface area contributed by atoms with Gasteiger partial charge >= 0.3 is 0 Å². The molecular weight excluding hydrogens is 260 g/mol. The zero-order chi connectivity index (χ0) is 14.5. The summed E-state index contributed by atoms with van der Waals surface area (Å²) in [7, 11) is 2.11. The third-order valence-electron chi connectivity index (χ3n) is 3.74. The number of hydrogen-bond acceptors (Lipinski definition) is 3. The lowest BCUT2D eigenvalue weighted by atomic mass is 10.0. The van der Waals surface area contributed by atoms with E-state index in [1.807, 2.05) is 36.4 Å². The predicted octanol–water partition coefficient (Wildman–Crippen LogP) is 3.16. The zero-order valence-electron chi connectivity index (χ0n) is 12.3. The highest BCUT2D eigenvalue weighted by Gasteiger charge is 2.21. The molecule has 0 N–H and O–H groups in total. The zero-order valence-corrected chi connectivity index (χ0v) is 12.3. The maximum Gasteiger partial charge on any atom is 0.141 e. The van der Waals surface area contributed by atoms with E-state index in [9.17, 15) is 0 Å². The highest BCUT2D eigenvalue weighted by molar-refractivity contribution is 6.12. The number of nitrogens with zero attached hydrogens (tertiary/aromatic N) is 2. The molecule has 0 aromatic heterocycles. The van der Waals surface area contributed by atoms with E-state index in [1.165, 1.54) is 0 Å². The Kier molecular flexibility index (Phi) is 4.31. The van der Waals surface area contributed by atoms with Gasteiger partial charge < -0.3 is 9.74 Å². The lowest BCUT2D eigenvalue weighted by Gasteiger charge is -2.11. The van der Waals surface area contributed by atoms with Gasteiger partial charge in [0.05, 0.1) is 0 Å². The van der Waals surface area contributed by atoms with Crippen molar-refractivity contribution >= 4 is 5.71 Å². The minimum atomic E-state index is 0.192. The van der Waals surface area contributed by atoms with Gasteiger partial charge in [0, 0.05) is 30.6 Å². The van der Waals surface area contributed by atoms with Crippen molar-refractivity contribution in [3.63, 3.8) is 0 Å². The van der Waals surface area contributed by atoms with Crippen LogP contribution in [0.2, 0.25) is 0 Å². The van der Waals surface area contributed by atoms with Crippen molar-refractivity contribution in [2.75, 3.05) is 20.1 Å². The molecule has 0 bridgehead atoms. The summed E-state index contributed by atoms with van der Waals surface area (Å²) in [4.78, 5) is 8.06. The molecule has 0 spiro atoms. The van der Waals surface area contributed by atoms with Crippen LogP contribution in [0.4, 0.5) is 0 Å². The Morgan fingerprint density at radius 3 is 2.05 bits per heavy atom. The Bertz CT molecular complexity index is 554. The van der Waals surface area contributed by atoms with Gasteiger partial charge in [-0.3, -0.25) is 0 Å². The van der Waals surface area contributed by atoms with Crippen LogP contribution in [0.15, 0.2) is 65.8 Å². The van der Waals surface area contributed by atoms with E-state index >= 15 is 0 Å². The first-order chi connectivity index (χ1) is 10.3. The molecule has 3 nitrogen and oxygen atoms in total. The van der Waals surface area contributed by atoms with Crippen molar-refractivity contribution in [1.29, 1.82) is 0 Å². The van der Waals surface area contributed by atoms with Crippen LogP contribution in [0, 0.1) is 0 Å². The monoisotopic (exact) mass is 280 g/mol. The van der Waals surface area contributed by atoms with Gasteiger partial charge in [-0.25, -0.2) is 0 Å². The number of hydrogen-bond donors (Lipinski definition) is 0. The third-order valence-corrected chi connectivity index (χ3v) is 3.74. The summed E-state index contributed by atoms with van der Waals surface area (Å²) in [5, 5.41) is 4.47. The van der Waals surface area contributed by atoms with Gasteiger partial charge in [0.25, 0.3) is 0 Å². The third kappa shape index (κ3) is 3.50. The lowest BCUT2D eigenvalue weighted by molar-refractivity contribution is 0.0673. The minimum Gasteiger partial charge on any atom is -0.391 e. The summed E-state index contributed by atoms with van der Waals surface area (Å²) in [6.45, 7) is 2.02. The summed E-state index contributed by atoms with van der Waals surface area (Å²) in [5.41, 5.74) is 3.05. The van der Waals surface area contributed by atoms with E-state index in [2.05, 4.69) is 41.4 Å². The molecule has 2 aromatic rings. The van der Waals surface area contributed by atoms with Gasteiger partial charge in [0.1, 0.15) is 11.8 Å². The van der Waals surface area contributed by atoms with E-state index in [1.54, 1.807) is 0 Å². The summed E-state index contributed by atoms with van der Waals surface area (Å²) < 4.78 is 0. The molecule has 0 radical (unpaired) electrons. The first-order valence-corrected chi connectivity index (χ1v) is 7.36. The summed E-state index contributed by atoms with van der Waals surface area (Å²) in [6, 6.07) is 20.4. The maximum atomic E-state index is 5.79. The molecule has 1 aliphatic heterocycles. The highest BCUT2D eigenvalue weighted by atomic mass is 16.6. The lowest BCUT2D eigenvalue weighted by Crippen LogP contribution is -2.18. The second-order valence-corrected chi connectivity index (χ2v) is 5.45. The topological polar surface area (TPSA) is 24.8 Å². The standard InChI is InChI=1S/C18H20N2O/c1-20-13-12-17(14-20)21-19-18(15-8-4-2-5-9-15)16-10-6-3-7-11-16/h2-11,17H,12-14H2,1H3/t17-/m0/s1. The number of oxime groups is 1. The van der Waals surface area contributed by atoms with E-state index in [0.29, 0.717) is 0 Å². The second-order valence-electron chi connectivity index (χ2n) is 5.45. The summed E-state index contributed by atoms with van der Waals surface area (Å²) in [5.74, 6) is 0. The maximum absolute atomic E-state index is 5.79. The fourth-order valence-corrected chi connectivity index (χ4v) is 2.57. The Morgan fingerprint density at radius 2 is 1.57 bits per heavy atom. The minimum absolute atomic E-state index is 0.192. The van der Waals surface area contributed by atoms with E-state index in [4.69, 9.17) is 4.84 Å². The Morgan fingerprint density at radius 1 is 1.00 bits per heavy atom. The molecule has 1 saturated heterocycles. The molecule has 1 aliphatic rings. The Hall–Kier alpha value is -2.13. The number of likely N-dealkylation sites (tertiary alicyclic amines) is 1. The number of rotatable bonds is 4. The molecule has 21 heavy (non-hydrogen) atoms. The predicted molar refractivity (Wildman–Crippen MR) is 85.5 cm³/mol. The van der Waals surface area contributed by atoms with Crippen molar-refractivity contribution < 1.29 is 4.84 Å². The first kappa shape index (κ1) is 13.8. The fourth-order valence-electron chi connectivity index (χ4n) is 2.57. The Labute approximate surface area is 125 Å². The molecule has 108 valence electrons. The molecule has 0 unspecified atom stereocenters. The number of benzene rings is 2. The van der Waals surface area contributed by atoms with Crippen LogP contribution in [-0.4, -0.2) is 36.9 Å². The van der Waals surface area contributed by atoms with Crippen LogP contribution in [-0.2, 0) is 4.84 Å². The van der Waals surface area contributed by atoms with Crippen molar-refractivity contribution in [3.05, 3.63) is 71.8 Å². The molecule has 0 aliphatic carbocycles. The molecule has 1 atom stereocenters. The average Bonchev–Trinajstić information content (AvgIpc) is 2.95. The van der Waals surface area contributed by atoms with Gasteiger partial charge in [-0.2, -0.15) is 0 Å². The molecular formula is C18H20N2O. The van der Waals surface area contributed by atoms with Gasteiger partial charge in [0.15, 0.2) is 0 Å². The smallest absolute Gasteiger partial charge is 0.141 e. The summed E-state index contributed by atoms with van der Waals surface area (Å²) in [6.07, 6.45) is 1.23. The van der Waals surface area contributed by atoms with Gasteiger partial charge in [-0.15, -0.1) is 0 Å². The van der Waals surface area contributed by atoms with E-state index in [-0.39, 0.29) is 6.10 Å². The Balaban J connectivity index is 1.86. The molecule has 2 aromatic carbocycles. The van der Waals surface area contributed by atoms with Crippen LogP contribution in [0.3, 0.4) is 0 Å². The van der Waals surface area contributed by atoms with E-state index < -0.39 is 0 Å². The quantitative estimate of drug-likeness (QED) is 0.635. The van der Waals surface area contributed by atoms with Crippen molar-refractivity contribution in [2.24, 2.45) is 5.16 Å². The van der Waals surface area contributed by atoms with Crippen molar-refractivity contribution in [2.45, 2.75) is 12.5 Å².